The molecule has 102 valence electrons. The van der Waals surface area contributed by atoms with Gasteiger partial charge in [-0.15, -0.1) is 0 Å². The molecule has 19 heavy (non-hydrogen) atoms. The standard InChI is InChI=1S/C13H13F3N2O/c1-9-6-19-11-5-3-2-4-10(11)12(9,7-17)18-8-13(14,15)16/h2-5,9,18H,6,8H2,1H3. The lowest BCUT2D eigenvalue weighted by Crippen LogP contribution is -2.53. The minimum Gasteiger partial charge on any atom is -0.493 e. The maximum Gasteiger partial charge on any atom is 0.401 e. The number of nitrogens with zero attached hydrogens (tertiary/aromatic N) is 1. The second kappa shape index (κ2) is 4.74. The third-order valence-electron chi connectivity index (χ3n) is 3.28. The zero-order valence-electron chi connectivity index (χ0n) is 10.3. The molecule has 0 radical (unpaired) electrons. The maximum absolute atomic E-state index is 12.4. The summed E-state index contributed by atoms with van der Waals surface area (Å²) in [5.74, 6) is 0.0755. The van der Waals surface area contributed by atoms with E-state index in [1.54, 1.807) is 31.2 Å². The van der Waals surface area contributed by atoms with Gasteiger partial charge in [-0.25, -0.2) is 0 Å². The number of rotatable bonds is 2. The maximum atomic E-state index is 12.4. The van der Waals surface area contributed by atoms with Gasteiger partial charge in [0.1, 0.15) is 11.3 Å². The van der Waals surface area contributed by atoms with Gasteiger partial charge >= 0.3 is 6.18 Å². The molecule has 3 nitrogen and oxygen atoms in total. The van der Waals surface area contributed by atoms with Crippen molar-refractivity contribution in [1.82, 2.24) is 5.32 Å². The van der Waals surface area contributed by atoms with Gasteiger partial charge in [0.15, 0.2) is 0 Å². The van der Waals surface area contributed by atoms with E-state index >= 15 is 0 Å². The van der Waals surface area contributed by atoms with Gasteiger partial charge in [-0.2, -0.15) is 18.4 Å². The number of alkyl halides is 3. The molecule has 1 N–H and O–H groups in total. The van der Waals surface area contributed by atoms with Crippen LogP contribution in [0.15, 0.2) is 24.3 Å². The number of hydrogen-bond acceptors (Lipinski definition) is 3. The van der Waals surface area contributed by atoms with E-state index in [1.165, 1.54) is 0 Å². The van der Waals surface area contributed by atoms with Crippen molar-refractivity contribution in [2.45, 2.75) is 18.6 Å². The topological polar surface area (TPSA) is 45.0 Å². The Bertz CT molecular complexity index is 509. The Morgan fingerprint density at radius 2 is 2.16 bits per heavy atom. The zero-order chi connectivity index (χ0) is 14.1. The van der Waals surface area contributed by atoms with Crippen LogP contribution in [0.5, 0.6) is 5.75 Å². The van der Waals surface area contributed by atoms with Gasteiger partial charge in [-0.05, 0) is 6.07 Å². The molecule has 0 bridgehead atoms. The predicted molar refractivity (Wildman–Crippen MR) is 62.4 cm³/mol. The quantitative estimate of drug-likeness (QED) is 0.898. The summed E-state index contributed by atoms with van der Waals surface area (Å²) in [5, 5.41) is 11.8. The van der Waals surface area contributed by atoms with Crippen LogP contribution in [0.25, 0.3) is 0 Å². The Kier molecular flexibility index (Phi) is 3.42. The molecule has 0 saturated heterocycles. The lowest BCUT2D eigenvalue weighted by molar-refractivity contribution is -0.129. The van der Waals surface area contributed by atoms with Crippen molar-refractivity contribution in [2.75, 3.05) is 13.2 Å². The van der Waals surface area contributed by atoms with Gasteiger partial charge in [-0.1, -0.05) is 25.1 Å². The summed E-state index contributed by atoms with van der Waals surface area (Å²) in [6.07, 6.45) is -4.36. The average Bonchev–Trinajstić information content (AvgIpc) is 2.37. The van der Waals surface area contributed by atoms with Gasteiger partial charge in [0.25, 0.3) is 0 Å². The number of ether oxygens (including phenoxy) is 1. The van der Waals surface area contributed by atoms with E-state index in [0.29, 0.717) is 11.3 Å². The van der Waals surface area contributed by atoms with Crippen molar-refractivity contribution in [3.63, 3.8) is 0 Å². The molecule has 0 amide bonds. The van der Waals surface area contributed by atoms with Crippen molar-refractivity contribution >= 4 is 0 Å². The Balaban J connectivity index is 2.40. The molecule has 2 atom stereocenters. The Hall–Kier alpha value is -1.74. The summed E-state index contributed by atoms with van der Waals surface area (Å²) in [7, 11) is 0. The third-order valence-corrected chi connectivity index (χ3v) is 3.28. The highest BCUT2D eigenvalue weighted by molar-refractivity contribution is 5.45. The van der Waals surface area contributed by atoms with E-state index in [2.05, 4.69) is 5.32 Å². The van der Waals surface area contributed by atoms with Gasteiger partial charge in [-0.3, -0.25) is 5.32 Å². The van der Waals surface area contributed by atoms with E-state index in [4.69, 9.17) is 4.74 Å². The first-order valence-corrected chi connectivity index (χ1v) is 5.84. The Morgan fingerprint density at radius 1 is 1.47 bits per heavy atom. The smallest absolute Gasteiger partial charge is 0.401 e. The van der Waals surface area contributed by atoms with Gasteiger partial charge in [0.2, 0.25) is 0 Å². The fourth-order valence-corrected chi connectivity index (χ4v) is 2.24. The Labute approximate surface area is 109 Å². The van der Waals surface area contributed by atoms with Crippen molar-refractivity contribution in [2.24, 2.45) is 5.92 Å². The highest BCUT2D eigenvalue weighted by Crippen LogP contribution is 2.40. The van der Waals surface area contributed by atoms with Gasteiger partial charge < -0.3 is 4.74 Å². The predicted octanol–water partition coefficient (Wildman–Crippen LogP) is 2.59. The fourth-order valence-electron chi connectivity index (χ4n) is 2.24. The highest BCUT2D eigenvalue weighted by atomic mass is 19.4. The van der Waals surface area contributed by atoms with Crippen molar-refractivity contribution in [3.05, 3.63) is 29.8 Å². The molecule has 0 spiro atoms. The van der Waals surface area contributed by atoms with Crippen LogP contribution in [0.1, 0.15) is 12.5 Å². The number of para-hydroxylation sites is 1. The average molecular weight is 270 g/mol. The molecule has 0 aromatic heterocycles. The molecule has 6 heteroatoms. The number of fused-ring (bicyclic) bond motifs is 1. The van der Waals surface area contributed by atoms with Crippen molar-refractivity contribution in [1.29, 1.82) is 5.26 Å². The normalized spacial score (nSPS) is 26.2. The number of halogens is 3. The van der Waals surface area contributed by atoms with Crippen molar-refractivity contribution < 1.29 is 17.9 Å². The second-order valence-corrected chi connectivity index (χ2v) is 4.60. The van der Waals surface area contributed by atoms with Crippen LogP contribution in [-0.2, 0) is 5.54 Å². The first kappa shape index (κ1) is 13.7. The lowest BCUT2D eigenvalue weighted by atomic mass is 9.78. The summed E-state index contributed by atoms with van der Waals surface area (Å²) in [5.41, 5.74) is -0.912. The third kappa shape index (κ3) is 2.51. The summed E-state index contributed by atoms with van der Waals surface area (Å²) in [6.45, 7) is 0.692. The van der Waals surface area contributed by atoms with Crippen LogP contribution in [0.2, 0.25) is 0 Å². The van der Waals surface area contributed by atoms with Crippen LogP contribution in [0.4, 0.5) is 13.2 Å². The van der Waals surface area contributed by atoms with Crippen LogP contribution >= 0.6 is 0 Å². The second-order valence-electron chi connectivity index (χ2n) is 4.60. The molecule has 1 aliphatic rings. The molecule has 1 aromatic carbocycles. The molecule has 1 heterocycles. The Morgan fingerprint density at radius 3 is 2.79 bits per heavy atom. The highest BCUT2D eigenvalue weighted by Gasteiger charge is 2.45. The van der Waals surface area contributed by atoms with E-state index in [1.807, 2.05) is 6.07 Å². The largest absolute Gasteiger partial charge is 0.493 e. The molecular weight excluding hydrogens is 257 g/mol. The van der Waals surface area contributed by atoms with E-state index < -0.39 is 18.3 Å². The summed E-state index contributed by atoms with van der Waals surface area (Å²) >= 11 is 0. The lowest BCUT2D eigenvalue weighted by Gasteiger charge is -2.39. The molecule has 0 fully saturated rings. The number of nitriles is 1. The molecule has 2 rings (SSSR count). The van der Waals surface area contributed by atoms with Crippen LogP contribution in [0.3, 0.4) is 0 Å². The summed E-state index contributed by atoms with van der Waals surface area (Å²) in [4.78, 5) is 0. The summed E-state index contributed by atoms with van der Waals surface area (Å²) < 4.78 is 42.7. The fraction of sp³-hybridized carbons (Fsp3) is 0.462. The van der Waals surface area contributed by atoms with Crippen LogP contribution < -0.4 is 10.1 Å². The van der Waals surface area contributed by atoms with E-state index in [-0.39, 0.29) is 12.5 Å². The number of benzene rings is 1. The molecule has 0 saturated carbocycles. The number of nitrogens with one attached hydrogen (secondary N) is 1. The molecular formula is C13H13F3N2O. The van der Waals surface area contributed by atoms with Gasteiger partial charge in [0, 0.05) is 11.5 Å². The minimum absolute atomic E-state index is 0.204. The van der Waals surface area contributed by atoms with Crippen LogP contribution in [-0.4, -0.2) is 19.3 Å². The van der Waals surface area contributed by atoms with E-state index in [0.717, 1.165) is 0 Å². The molecule has 0 aliphatic carbocycles. The van der Waals surface area contributed by atoms with E-state index in [9.17, 15) is 18.4 Å². The first-order valence-electron chi connectivity index (χ1n) is 5.84. The first-order chi connectivity index (χ1) is 8.89. The minimum atomic E-state index is -4.36. The van der Waals surface area contributed by atoms with Crippen molar-refractivity contribution in [3.8, 4) is 11.8 Å². The molecule has 2 unspecified atom stereocenters. The summed E-state index contributed by atoms with van der Waals surface area (Å²) in [6, 6.07) is 8.69. The molecule has 1 aromatic rings. The monoisotopic (exact) mass is 270 g/mol. The number of hydrogen-bond donors (Lipinski definition) is 1. The van der Waals surface area contributed by atoms with Crippen LogP contribution in [0, 0.1) is 17.2 Å². The SMILES string of the molecule is CC1COc2ccccc2C1(C#N)NCC(F)(F)F. The zero-order valence-corrected chi connectivity index (χ0v) is 10.3. The van der Waals surface area contributed by atoms with Gasteiger partial charge in [0.05, 0.1) is 19.2 Å². The molecule has 1 aliphatic heterocycles.